The maximum atomic E-state index is 12.9. The van der Waals surface area contributed by atoms with E-state index in [0.717, 1.165) is 5.56 Å². The number of halogens is 4. The molecule has 0 unspecified atom stereocenters. The second-order valence-corrected chi connectivity index (χ2v) is 4.45. The van der Waals surface area contributed by atoms with Gasteiger partial charge in [-0.25, -0.2) is 9.97 Å². The zero-order valence-corrected chi connectivity index (χ0v) is 11.5. The van der Waals surface area contributed by atoms with E-state index in [1.165, 1.54) is 12.4 Å². The van der Waals surface area contributed by atoms with Crippen molar-refractivity contribution in [2.75, 3.05) is 0 Å². The van der Waals surface area contributed by atoms with Gasteiger partial charge in [-0.15, -0.1) is 0 Å². The lowest BCUT2D eigenvalue weighted by molar-refractivity contribution is -0.141. The molecule has 0 bridgehead atoms. The largest absolute Gasteiger partial charge is 0.433 e. The van der Waals surface area contributed by atoms with Crippen LogP contribution in [0, 0.1) is 6.92 Å². The Kier molecular flexibility index (Phi) is 3.84. The minimum absolute atomic E-state index is 0.0118. The fourth-order valence-corrected chi connectivity index (χ4v) is 1.99. The van der Waals surface area contributed by atoms with Crippen LogP contribution in [-0.4, -0.2) is 15.0 Å². The zero-order valence-electron chi connectivity index (χ0n) is 9.87. The SMILES string of the molecule is Cc1ccncc1-c1ncc(CBr)c(C(F)(F)F)n1. The average Bonchev–Trinajstić information content (AvgIpc) is 2.37. The Bertz CT molecular complexity index is 599. The van der Waals surface area contributed by atoms with Crippen LogP contribution in [0.3, 0.4) is 0 Å². The van der Waals surface area contributed by atoms with Gasteiger partial charge in [-0.3, -0.25) is 4.98 Å². The topological polar surface area (TPSA) is 38.7 Å². The molecule has 2 aromatic rings. The second-order valence-electron chi connectivity index (χ2n) is 3.89. The van der Waals surface area contributed by atoms with E-state index in [4.69, 9.17) is 0 Å². The number of hydrogen-bond donors (Lipinski definition) is 0. The summed E-state index contributed by atoms with van der Waals surface area (Å²) < 4.78 is 38.7. The molecule has 0 aliphatic heterocycles. The normalized spacial score (nSPS) is 11.6. The third-order valence-electron chi connectivity index (χ3n) is 2.56. The van der Waals surface area contributed by atoms with E-state index >= 15 is 0 Å². The molecule has 0 spiro atoms. The fourth-order valence-electron chi connectivity index (χ4n) is 1.58. The molecule has 0 atom stereocenters. The molecule has 0 amide bonds. The molecule has 0 N–H and O–H groups in total. The third-order valence-corrected chi connectivity index (χ3v) is 3.16. The van der Waals surface area contributed by atoms with Gasteiger partial charge in [-0.2, -0.15) is 13.2 Å². The van der Waals surface area contributed by atoms with Crippen LogP contribution < -0.4 is 0 Å². The number of rotatable bonds is 2. The smallest absolute Gasteiger partial charge is 0.264 e. The summed E-state index contributed by atoms with van der Waals surface area (Å²) in [6.45, 7) is 1.77. The van der Waals surface area contributed by atoms with Crippen molar-refractivity contribution in [2.24, 2.45) is 0 Å². The lowest BCUT2D eigenvalue weighted by Gasteiger charge is -2.12. The molecule has 7 heteroatoms. The molecule has 100 valence electrons. The van der Waals surface area contributed by atoms with Crippen molar-refractivity contribution in [1.82, 2.24) is 15.0 Å². The summed E-state index contributed by atoms with van der Waals surface area (Å²) in [7, 11) is 0. The summed E-state index contributed by atoms with van der Waals surface area (Å²) in [6, 6.07) is 1.70. The number of pyridine rings is 1. The first-order valence-electron chi connectivity index (χ1n) is 5.33. The summed E-state index contributed by atoms with van der Waals surface area (Å²) in [4.78, 5) is 11.5. The predicted molar refractivity (Wildman–Crippen MR) is 67.6 cm³/mol. The highest BCUT2D eigenvalue weighted by Crippen LogP contribution is 2.32. The molecule has 0 radical (unpaired) electrons. The number of hydrogen-bond acceptors (Lipinski definition) is 3. The van der Waals surface area contributed by atoms with Gasteiger partial charge in [0, 0.05) is 35.0 Å². The van der Waals surface area contributed by atoms with Gasteiger partial charge in [0.1, 0.15) is 0 Å². The highest BCUT2D eigenvalue weighted by molar-refractivity contribution is 9.08. The van der Waals surface area contributed by atoms with Crippen LogP contribution in [0.1, 0.15) is 16.8 Å². The molecule has 0 aromatic carbocycles. The molecule has 2 aromatic heterocycles. The Morgan fingerprint density at radius 3 is 2.58 bits per heavy atom. The van der Waals surface area contributed by atoms with Crippen molar-refractivity contribution in [3.63, 3.8) is 0 Å². The van der Waals surface area contributed by atoms with Gasteiger partial charge in [0.2, 0.25) is 0 Å². The molecular formula is C12H9BrF3N3. The van der Waals surface area contributed by atoms with E-state index in [1.807, 2.05) is 0 Å². The van der Waals surface area contributed by atoms with Gasteiger partial charge in [0.05, 0.1) is 0 Å². The average molecular weight is 332 g/mol. The van der Waals surface area contributed by atoms with Crippen LogP contribution in [0.5, 0.6) is 0 Å². The molecular weight excluding hydrogens is 323 g/mol. The third kappa shape index (κ3) is 2.91. The molecule has 2 rings (SSSR count). The van der Waals surface area contributed by atoms with E-state index in [-0.39, 0.29) is 16.7 Å². The van der Waals surface area contributed by atoms with Crippen LogP contribution in [0.25, 0.3) is 11.4 Å². The molecule has 0 aliphatic rings. The summed E-state index contributed by atoms with van der Waals surface area (Å²) in [5.41, 5.74) is 0.360. The predicted octanol–water partition coefficient (Wildman–Crippen LogP) is 3.76. The van der Waals surface area contributed by atoms with Crippen molar-refractivity contribution in [3.8, 4) is 11.4 Å². The minimum Gasteiger partial charge on any atom is -0.264 e. The Balaban J connectivity index is 2.59. The maximum Gasteiger partial charge on any atom is 0.433 e. The van der Waals surface area contributed by atoms with Gasteiger partial charge in [-0.1, -0.05) is 15.9 Å². The lowest BCUT2D eigenvalue weighted by Crippen LogP contribution is -2.13. The van der Waals surface area contributed by atoms with Crippen molar-refractivity contribution in [1.29, 1.82) is 0 Å². The van der Waals surface area contributed by atoms with E-state index in [9.17, 15) is 13.2 Å². The van der Waals surface area contributed by atoms with Crippen molar-refractivity contribution >= 4 is 15.9 Å². The Hall–Kier alpha value is -1.50. The Labute approximate surface area is 116 Å². The molecule has 3 nitrogen and oxygen atoms in total. The van der Waals surface area contributed by atoms with Crippen LogP contribution in [0.15, 0.2) is 24.7 Å². The van der Waals surface area contributed by atoms with Crippen LogP contribution in [-0.2, 0) is 11.5 Å². The maximum absolute atomic E-state index is 12.9. The van der Waals surface area contributed by atoms with E-state index in [1.54, 1.807) is 19.2 Å². The number of aromatic nitrogens is 3. The Morgan fingerprint density at radius 1 is 1.26 bits per heavy atom. The van der Waals surface area contributed by atoms with Crippen LogP contribution in [0.4, 0.5) is 13.2 Å². The quantitative estimate of drug-likeness (QED) is 0.786. The van der Waals surface area contributed by atoms with Crippen molar-refractivity contribution in [3.05, 3.63) is 41.5 Å². The first kappa shape index (κ1) is 13.9. The van der Waals surface area contributed by atoms with Gasteiger partial charge in [-0.05, 0) is 18.6 Å². The first-order valence-corrected chi connectivity index (χ1v) is 6.45. The molecule has 0 saturated heterocycles. The Morgan fingerprint density at radius 2 is 2.00 bits per heavy atom. The highest BCUT2D eigenvalue weighted by atomic mass is 79.9. The standard InChI is InChI=1S/C12H9BrF3N3/c1-7-2-3-17-6-9(7)11-18-5-8(4-13)10(19-11)12(14,15)16/h2-3,5-6H,4H2,1H3. The van der Waals surface area contributed by atoms with E-state index in [2.05, 4.69) is 30.9 Å². The summed E-state index contributed by atoms with van der Waals surface area (Å²) in [5.74, 6) is 0.0302. The molecule has 19 heavy (non-hydrogen) atoms. The first-order chi connectivity index (χ1) is 8.93. The minimum atomic E-state index is -4.50. The van der Waals surface area contributed by atoms with Gasteiger partial charge in [0.25, 0.3) is 0 Å². The monoisotopic (exact) mass is 331 g/mol. The molecule has 0 aliphatic carbocycles. The summed E-state index contributed by atoms with van der Waals surface area (Å²) >= 11 is 3.00. The van der Waals surface area contributed by atoms with Gasteiger partial charge in [0.15, 0.2) is 11.5 Å². The molecule has 0 fully saturated rings. The number of alkyl halides is 4. The van der Waals surface area contributed by atoms with Crippen molar-refractivity contribution < 1.29 is 13.2 Å². The summed E-state index contributed by atoms with van der Waals surface area (Å²) in [6.07, 6.45) is -0.293. The van der Waals surface area contributed by atoms with Gasteiger partial charge < -0.3 is 0 Å². The molecule has 2 heterocycles. The van der Waals surface area contributed by atoms with Crippen LogP contribution in [0.2, 0.25) is 0 Å². The second kappa shape index (κ2) is 5.24. The summed E-state index contributed by atoms with van der Waals surface area (Å²) in [5, 5.41) is 0.0497. The fraction of sp³-hybridized carbons (Fsp3) is 0.250. The van der Waals surface area contributed by atoms with Crippen LogP contribution >= 0.6 is 15.9 Å². The van der Waals surface area contributed by atoms with Crippen molar-refractivity contribution in [2.45, 2.75) is 18.4 Å². The van der Waals surface area contributed by atoms with Gasteiger partial charge >= 0.3 is 6.18 Å². The molecule has 0 saturated carbocycles. The number of aryl methyl sites for hydroxylation is 1. The zero-order chi connectivity index (χ0) is 14.0. The highest BCUT2D eigenvalue weighted by Gasteiger charge is 2.35. The lowest BCUT2D eigenvalue weighted by atomic mass is 10.1. The number of nitrogens with zero attached hydrogens (tertiary/aromatic N) is 3. The van der Waals surface area contributed by atoms with E-state index < -0.39 is 11.9 Å². The van der Waals surface area contributed by atoms with E-state index in [0.29, 0.717) is 5.56 Å².